The van der Waals surface area contributed by atoms with Crippen LogP contribution in [0.5, 0.6) is 0 Å². The molecule has 21 heavy (non-hydrogen) atoms. The molecule has 6 heteroatoms. The first kappa shape index (κ1) is 16.1. The van der Waals surface area contributed by atoms with Gasteiger partial charge in [-0.2, -0.15) is 0 Å². The highest BCUT2D eigenvalue weighted by atomic mass is 16.4. The molecule has 1 unspecified atom stereocenters. The van der Waals surface area contributed by atoms with E-state index in [1.165, 1.54) is 19.3 Å². The Bertz CT molecular complexity index is 382. The van der Waals surface area contributed by atoms with Crippen molar-refractivity contribution in [3.8, 4) is 0 Å². The molecule has 0 radical (unpaired) electrons. The Morgan fingerprint density at radius 3 is 2.52 bits per heavy atom. The van der Waals surface area contributed by atoms with Crippen LogP contribution in [0.1, 0.15) is 39.0 Å². The number of carboxylic acids is 1. The topological polar surface area (TPSA) is 72.9 Å². The van der Waals surface area contributed by atoms with Crippen LogP contribution in [0.25, 0.3) is 0 Å². The lowest BCUT2D eigenvalue weighted by Gasteiger charge is -2.37. The average molecular weight is 297 g/mol. The van der Waals surface area contributed by atoms with Gasteiger partial charge in [-0.3, -0.25) is 4.79 Å². The zero-order chi connectivity index (χ0) is 15.3. The second-order valence-electron chi connectivity index (χ2n) is 6.53. The molecule has 120 valence electrons. The number of rotatable bonds is 4. The second-order valence-corrected chi connectivity index (χ2v) is 6.53. The number of amides is 2. The largest absolute Gasteiger partial charge is 0.481 e. The van der Waals surface area contributed by atoms with Crippen molar-refractivity contribution in [1.29, 1.82) is 0 Å². The van der Waals surface area contributed by atoms with Gasteiger partial charge in [-0.05, 0) is 45.7 Å². The van der Waals surface area contributed by atoms with E-state index in [0.717, 1.165) is 26.1 Å². The predicted octanol–water partition coefficient (Wildman–Crippen LogP) is 1.37. The monoisotopic (exact) mass is 297 g/mol. The molecule has 0 aromatic carbocycles. The summed E-state index contributed by atoms with van der Waals surface area (Å²) >= 11 is 0. The molecule has 0 saturated carbocycles. The highest BCUT2D eigenvalue weighted by Gasteiger charge is 2.39. The maximum absolute atomic E-state index is 12.2. The van der Waals surface area contributed by atoms with Gasteiger partial charge in [0.25, 0.3) is 0 Å². The van der Waals surface area contributed by atoms with Crippen LogP contribution < -0.4 is 5.32 Å². The van der Waals surface area contributed by atoms with Gasteiger partial charge in [0, 0.05) is 26.2 Å². The quantitative estimate of drug-likeness (QED) is 0.822. The number of nitrogens with one attached hydrogen (secondary N) is 1. The average Bonchev–Trinajstić information content (AvgIpc) is 2.48. The number of hydrogen-bond acceptors (Lipinski definition) is 3. The zero-order valence-corrected chi connectivity index (χ0v) is 12.9. The molecule has 0 aromatic heterocycles. The minimum Gasteiger partial charge on any atom is -0.481 e. The normalized spacial score (nSPS) is 27.4. The third-order valence-electron chi connectivity index (χ3n) is 4.65. The van der Waals surface area contributed by atoms with E-state index in [1.807, 2.05) is 0 Å². The van der Waals surface area contributed by atoms with Crippen LogP contribution in [-0.4, -0.2) is 66.2 Å². The van der Waals surface area contributed by atoms with Gasteiger partial charge < -0.3 is 20.2 Å². The molecule has 0 spiro atoms. The first-order valence-electron chi connectivity index (χ1n) is 8.00. The number of urea groups is 1. The van der Waals surface area contributed by atoms with Gasteiger partial charge in [0.15, 0.2) is 0 Å². The number of piperidine rings is 2. The minimum absolute atomic E-state index is 0.126. The third kappa shape index (κ3) is 4.33. The Kier molecular flexibility index (Phi) is 5.45. The van der Waals surface area contributed by atoms with E-state index in [0.29, 0.717) is 26.1 Å². The van der Waals surface area contributed by atoms with Crippen molar-refractivity contribution in [3.63, 3.8) is 0 Å². The van der Waals surface area contributed by atoms with E-state index in [4.69, 9.17) is 0 Å². The molecule has 2 N–H and O–H groups in total. The first-order valence-corrected chi connectivity index (χ1v) is 8.00. The van der Waals surface area contributed by atoms with E-state index >= 15 is 0 Å². The van der Waals surface area contributed by atoms with Gasteiger partial charge in [-0.1, -0.05) is 6.42 Å². The van der Waals surface area contributed by atoms with Gasteiger partial charge in [0.1, 0.15) is 0 Å². The summed E-state index contributed by atoms with van der Waals surface area (Å²) in [4.78, 5) is 27.5. The summed E-state index contributed by atoms with van der Waals surface area (Å²) < 4.78 is 0. The molecule has 1 atom stereocenters. The summed E-state index contributed by atoms with van der Waals surface area (Å²) in [5.74, 6) is -0.812. The molecule has 2 heterocycles. The van der Waals surface area contributed by atoms with Crippen molar-refractivity contribution in [1.82, 2.24) is 15.1 Å². The number of nitrogens with zero attached hydrogens (tertiary/aromatic N) is 2. The van der Waals surface area contributed by atoms with Crippen molar-refractivity contribution in [2.24, 2.45) is 5.41 Å². The van der Waals surface area contributed by atoms with Crippen molar-refractivity contribution in [3.05, 3.63) is 0 Å². The lowest BCUT2D eigenvalue weighted by atomic mass is 9.82. The van der Waals surface area contributed by atoms with Crippen LogP contribution in [0, 0.1) is 5.41 Å². The SMILES string of the molecule is CC1(C(=O)O)CCCN(C(=O)NCCN2CCCCC2)C1. The highest BCUT2D eigenvalue weighted by Crippen LogP contribution is 2.29. The van der Waals surface area contributed by atoms with Crippen LogP contribution in [0.3, 0.4) is 0 Å². The highest BCUT2D eigenvalue weighted by molar-refractivity contribution is 5.78. The van der Waals surface area contributed by atoms with Crippen molar-refractivity contribution < 1.29 is 14.7 Å². The lowest BCUT2D eigenvalue weighted by Crippen LogP contribution is -2.52. The Morgan fingerprint density at radius 1 is 1.14 bits per heavy atom. The zero-order valence-electron chi connectivity index (χ0n) is 12.9. The Hall–Kier alpha value is -1.30. The Morgan fingerprint density at radius 2 is 1.86 bits per heavy atom. The van der Waals surface area contributed by atoms with Crippen LogP contribution >= 0.6 is 0 Å². The number of aliphatic carboxylic acids is 1. The molecule has 2 aliphatic heterocycles. The number of carbonyl (C=O) groups is 2. The molecule has 0 aliphatic carbocycles. The molecule has 2 amide bonds. The number of hydrogen-bond donors (Lipinski definition) is 2. The lowest BCUT2D eigenvalue weighted by molar-refractivity contribution is -0.150. The molecule has 2 fully saturated rings. The maximum Gasteiger partial charge on any atom is 0.317 e. The number of carbonyl (C=O) groups excluding carboxylic acids is 1. The number of carboxylic acid groups (broad SMARTS) is 1. The fraction of sp³-hybridized carbons (Fsp3) is 0.867. The fourth-order valence-corrected chi connectivity index (χ4v) is 3.20. The predicted molar refractivity (Wildman–Crippen MR) is 80.2 cm³/mol. The molecule has 2 aliphatic rings. The molecular formula is C15H27N3O3. The second kappa shape index (κ2) is 7.11. The van der Waals surface area contributed by atoms with Crippen LogP contribution in [0.15, 0.2) is 0 Å². The molecule has 0 aromatic rings. The molecule has 2 saturated heterocycles. The maximum atomic E-state index is 12.2. The first-order chi connectivity index (χ1) is 10.0. The third-order valence-corrected chi connectivity index (χ3v) is 4.65. The summed E-state index contributed by atoms with van der Waals surface area (Å²) in [5.41, 5.74) is -0.803. The van der Waals surface area contributed by atoms with Gasteiger partial charge in [0.2, 0.25) is 0 Å². The van der Waals surface area contributed by atoms with Gasteiger partial charge >= 0.3 is 12.0 Å². The van der Waals surface area contributed by atoms with Crippen LogP contribution in [0.2, 0.25) is 0 Å². The molecular weight excluding hydrogens is 270 g/mol. The van der Waals surface area contributed by atoms with E-state index < -0.39 is 11.4 Å². The molecule has 2 rings (SSSR count). The van der Waals surface area contributed by atoms with Crippen LogP contribution in [-0.2, 0) is 4.79 Å². The summed E-state index contributed by atoms with van der Waals surface area (Å²) in [6, 6.07) is -0.126. The molecule has 6 nitrogen and oxygen atoms in total. The van der Waals surface area contributed by atoms with E-state index in [1.54, 1.807) is 11.8 Å². The van der Waals surface area contributed by atoms with Crippen molar-refractivity contribution in [2.45, 2.75) is 39.0 Å². The summed E-state index contributed by atoms with van der Waals surface area (Å²) in [6.07, 6.45) is 5.20. The minimum atomic E-state index is -0.812. The van der Waals surface area contributed by atoms with Crippen LogP contribution in [0.4, 0.5) is 4.79 Å². The standard InChI is InChI=1S/C15H27N3O3/c1-15(13(19)20)6-5-10-18(12-15)14(21)16-7-11-17-8-3-2-4-9-17/h2-12H2,1H3,(H,16,21)(H,19,20). The Balaban J connectivity index is 1.73. The van der Waals surface area contributed by atoms with Gasteiger partial charge in [-0.15, -0.1) is 0 Å². The van der Waals surface area contributed by atoms with E-state index in [-0.39, 0.29) is 6.03 Å². The fourth-order valence-electron chi connectivity index (χ4n) is 3.20. The number of likely N-dealkylation sites (tertiary alicyclic amines) is 2. The van der Waals surface area contributed by atoms with E-state index in [2.05, 4.69) is 10.2 Å². The van der Waals surface area contributed by atoms with Crippen molar-refractivity contribution >= 4 is 12.0 Å². The molecule has 0 bridgehead atoms. The summed E-state index contributed by atoms with van der Waals surface area (Å²) in [7, 11) is 0. The Labute approximate surface area is 126 Å². The summed E-state index contributed by atoms with van der Waals surface area (Å²) in [5, 5.41) is 12.2. The summed E-state index contributed by atoms with van der Waals surface area (Å²) in [6.45, 7) is 6.45. The van der Waals surface area contributed by atoms with Crippen molar-refractivity contribution in [2.75, 3.05) is 39.3 Å². The van der Waals surface area contributed by atoms with E-state index in [9.17, 15) is 14.7 Å². The smallest absolute Gasteiger partial charge is 0.317 e. The van der Waals surface area contributed by atoms with Gasteiger partial charge in [0.05, 0.1) is 5.41 Å². The van der Waals surface area contributed by atoms with Gasteiger partial charge in [-0.25, -0.2) is 4.79 Å².